The van der Waals surface area contributed by atoms with Crippen LogP contribution in [0.2, 0.25) is 0 Å². The third-order valence-electron chi connectivity index (χ3n) is 6.46. The summed E-state index contributed by atoms with van der Waals surface area (Å²) < 4.78 is 0. The molecule has 3 heterocycles. The first-order valence-corrected chi connectivity index (χ1v) is 9.96. The zero-order valence-corrected chi connectivity index (χ0v) is 15.4. The van der Waals surface area contributed by atoms with E-state index in [2.05, 4.69) is 35.2 Å². The van der Waals surface area contributed by atoms with E-state index in [-0.39, 0.29) is 11.9 Å². The summed E-state index contributed by atoms with van der Waals surface area (Å²) >= 11 is 0. The molecule has 2 N–H and O–H groups in total. The van der Waals surface area contributed by atoms with Crippen molar-refractivity contribution in [1.82, 2.24) is 9.80 Å². The minimum Gasteiger partial charge on any atom is -0.369 e. The van der Waals surface area contributed by atoms with E-state index in [1.807, 2.05) is 4.90 Å². The number of primary amides is 1. The molecule has 0 aromatic heterocycles. The Bertz CT molecular complexity index is 671. The Kier molecular flexibility index (Phi) is 4.74. The van der Waals surface area contributed by atoms with Gasteiger partial charge >= 0.3 is 0 Å². The van der Waals surface area contributed by atoms with Gasteiger partial charge < -0.3 is 15.5 Å². The highest BCUT2D eigenvalue weighted by Crippen LogP contribution is 2.48. The van der Waals surface area contributed by atoms with Gasteiger partial charge in [-0.15, -0.1) is 0 Å². The maximum Gasteiger partial charge on any atom is 0.238 e. The lowest BCUT2D eigenvalue weighted by Crippen LogP contribution is -2.52. The molecule has 0 unspecified atom stereocenters. The lowest BCUT2D eigenvalue weighted by atomic mass is 9.92. The Labute approximate surface area is 155 Å². The molecule has 5 rings (SSSR count). The average Bonchev–Trinajstić information content (AvgIpc) is 3.47. The van der Waals surface area contributed by atoms with Gasteiger partial charge in [-0.3, -0.25) is 9.59 Å². The first-order chi connectivity index (χ1) is 12.6. The van der Waals surface area contributed by atoms with Crippen molar-refractivity contribution in [3.05, 3.63) is 35.9 Å². The van der Waals surface area contributed by atoms with Crippen LogP contribution in [0.15, 0.2) is 30.3 Å². The molecule has 3 saturated heterocycles. The molecule has 26 heavy (non-hydrogen) atoms. The van der Waals surface area contributed by atoms with Gasteiger partial charge in [-0.2, -0.15) is 0 Å². The van der Waals surface area contributed by atoms with Gasteiger partial charge in [-0.1, -0.05) is 30.3 Å². The van der Waals surface area contributed by atoms with Gasteiger partial charge in [-0.05, 0) is 56.6 Å². The van der Waals surface area contributed by atoms with Crippen LogP contribution in [-0.2, 0) is 16.0 Å². The van der Waals surface area contributed by atoms with E-state index in [0.29, 0.717) is 18.8 Å². The highest BCUT2D eigenvalue weighted by molar-refractivity contribution is 6.07. The fourth-order valence-corrected chi connectivity index (χ4v) is 4.73. The standard InChI is InChI=1S/C21H29N3O2/c22-19(25)21(10-11-21)20(26)24-14-17-8-9-18(24)15-23(13-17)12-4-7-16-5-2-1-3-6-16/h1-3,5-6,17-18H,4,7-15H2,(H2,22,25)/t17-,18+/m0/s1. The quantitative estimate of drug-likeness (QED) is 0.792. The molecule has 4 aliphatic rings. The molecule has 0 spiro atoms. The van der Waals surface area contributed by atoms with Crippen molar-refractivity contribution in [2.75, 3.05) is 26.2 Å². The van der Waals surface area contributed by atoms with Crippen molar-refractivity contribution in [1.29, 1.82) is 0 Å². The third kappa shape index (κ3) is 3.37. The zero-order valence-electron chi connectivity index (χ0n) is 15.4. The molecule has 1 aliphatic carbocycles. The Morgan fingerprint density at radius 1 is 1.08 bits per heavy atom. The molecule has 4 fully saturated rings. The van der Waals surface area contributed by atoms with Crippen molar-refractivity contribution in [2.24, 2.45) is 17.1 Å². The molecule has 2 amide bonds. The number of nitrogens with zero attached hydrogens (tertiary/aromatic N) is 2. The second-order valence-electron chi connectivity index (χ2n) is 8.35. The molecule has 3 aliphatic heterocycles. The Balaban J connectivity index is 1.36. The third-order valence-corrected chi connectivity index (χ3v) is 6.46. The SMILES string of the molecule is NC(=O)C1(C(=O)N2C[C@H]3CC[C@@H]2CN(CCCc2ccccc2)C3)CC1. The van der Waals surface area contributed by atoms with Crippen LogP contribution in [0.5, 0.6) is 0 Å². The predicted octanol–water partition coefficient (Wildman–Crippen LogP) is 1.81. The van der Waals surface area contributed by atoms with Crippen molar-refractivity contribution in [3.8, 4) is 0 Å². The molecule has 1 saturated carbocycles. The number of aryl methyl sites for hydroxylation is 1. The van der Waals surface area contributed by atoms with Crippen LogP contribution in [-0.4, -0.2) is 53.8 Å². The molecule has 1 aromatic rings. The minimum atomic E-state index is -0.872. The number of fused-ring (bicyclic) bond motifs is 4. The van der Waals surface area contributed by atoms with E-state index < -0.39 is 11.3 Å². The maximum atomic E-state index is 13.0. The number of amides is 2. The van der Waals surface area contributed by atoms with Crippen LogP contribution < -0.4 is 5.73 Å². The van der Waals surface area contributed by atoms with E-state index in [4.69, 9.17) is 5.73 Å². The summed E-state index contributed by atoms with van der Waals surface area (Å²) in [5.41, 5.74) is 6.04. The molecular formula is C21H29N3O2. The van der Waals surface area contributed by atoms with E-state index in [1.54, 1.807) is 0 Å². The Morgan fingerprint density at radius 2 is 1.85 bits per heavy atom. The average molecular weight is 355 g/mol. The fourth-order valence-electron chi connectivity index (χ4n) is 4.73. The Hall–Kier alpha value is -1.88. The van der Waals surface area contributed by atoms with Crippen LogP contribution in [0.1, 0.15) is 37.7 Å². The molecule has 140 valence electrons. The van der Waals surface area contributed by atoms with Gasteiger partial charge in [0.05, 0.1) is 0 Å². The van der Waals surface area contributed by atoms with Gasteiger partial charge in [0.15, 0.2) is 0 Å². The molecule has 5 heteroatoms. The number of carbonyl (C=O) groups excluding carboxylic acids is 2. The monoisotopic (exact) mass is 355 g/mol. The highest BCUT2D eigenvalue weighted by Gasteiger charge is 2.58. The van der Waals surface area contributed by atoms with Crippen molar-refractivity contribution >= 4 is 11.8 Å². The summed E-state index contributed by atoms with van der Waals surface area (Å²) in [6.45, 7) is 3.88. The Morgan fingerprint density at radius 3 is 2.54 bits per heavy atom. The van der Waals surface area contributed by atoms with Crippen LogP contribution >= 0.6 is 0 Å². The second kappa shape index (κ2) is 7.03. The molecule has 1 aromatic carbocycles. The minimum absolute atomic E-state index is 0.00540. The van der Waals surface area contributed by atoms with E-state index in [0.717, 1.165) is 45.4 Å². The fraction of sp³-hybridized carbons (Fsp3) is 0.619. The number of carbonyl (C=O) groups is 2. The number of rotatable bonds is 6. The van der Waals surface area contributed by atoms with Crippen molar-refractivity contribution in [3.63, 3.8) is 0 Å². The molecule has 5 nitrogen and oxygen atoms in total. The number of benzene rings is 1. The van der Waals surface area contributed by atoms with Gasteiger partial charge in [0.1, 0.15) is 5.41 Å². The smallest absolute Gasteiger partial charge is 0.238 e. The van der Waals surface area contributed by atoms with Gasteiger partial charge in [-0.25, -0.2) is 0 Å². The summed E-state index contributed by atoms with van der Waals surface area (Å²) in [5, 5.41) is 0. The van der Waals surface area contributed by atoms with E-state index in [9.17, 15) is 9.59 Å². The summed E-state index contributed by atoms with van der Waals surface area (Å²) in [5.74, 6) is 0.103. The molecular weight excluding hydrogens is 326 g/mol. The normalized spacial score (nSPS) is 27.2. The van der Waals surface area contributed by atoms with Gasteiger partial charge in [0.2, 0.25) is 11.8 Å². The molecule has 2 bridgehead atoms. The van der Waals surface area contributed by atoms with Crippen molar-refractivity contribution < 1.29 is 9.59 Å². The second-order valence-corrected chi connectivity index (χ2v) is 8.35. The summed E-state index contributed by atoms with van der Waals surface area (Å²) in [6, 6.07) is 10.9. The lowest BCUT2D eigenvalue weighted by molar-refractivity contribution is -0.146. The summed E-state index contributed by atoms with van der Waals surface area (Å²) in [6.07, 6.45) is 5.75. The highest BCUT2D eigenvalue weighted by atomic mass is 16.2. The number of hydrogen-bond acceptors (Lipinski definition) is 3. The first-order valence-electron chi connectivity index (χ1n) is 9.96. The van der Waals surface area contributed by atoms with Crippen molar-refractivity contribution in [2.45, 2.75) is 44.6 Å². The van der Waals surface area contributed by atoms with Crippen LogP contribution in [0.25, 0.3) is 0 Å². The largest absolute Gasteiger partial charge is 0.369 e. The van der Waals surface area contributed by atoms with Crippen LogP contribution in [0, 0.1) is 11.3 Å². The van der Waals surface area contributed by atoms with Crippen LogP contribution in [0.3, 0.4) is 0 Å². The topological polar surface area (TPSA) is 66.6 Å². The number of piperidine rings is 1. The van der Waals surface area contributed by atoms with Crippen LogP contribution in [0.4, 0.5) is 0 Å². The van der Waals surface area contributed by atoms with E-state index in [1.165, 1.54) is 12.0 Å². The lowest BCUT2D eigenvalue weighted by Gasteiger charge is -2.38. The molecule has 0 radical (unpaired) electrons. The maximum absolute atomic E-state index is 13.0. The first kappa shape index (κ1) is 17.5. The van der Waals surface area contributed by atoms with E-state index >= 15 is 0 Å². The van der Waals surface area contributed by atoms with Gasteiger partial charge in [0, 0.05) is 25.7 Å². The predicted molar refractivity (Wildman–Crippen MR) is 100 cm³/mol. The molecule has 2 atom stereocenters. The zero-order chi connectivity index (χ0) is 18.1. The van der Waals surface area contributed by atoms with Gasteiger partial charge in [0.25, 0.3) is 0 Å². The number of nitrogens with two attached hydrogens (primary N) is 1. The summed E-state index contributed by atoms with van der Waals surface area (Å²) in [7, 11) is 0. The number of hydrogen-bond donors (Lipinski definition) is 1. The summed E-state index contributed by atoms with van der Waals surface area (Å²) in [4.78, 5) is 29.3.